The molecule has 0 spiro atoms. The fourth-order valence-corrected chi connectivity index (χ4v) is 3.23. The zero-order valence-electron chi connectivity index (χ0n) is 13.1. The molecule has 4 nitrogen and oxygen atoms in total. The van der Waals surface area contributed by atoms with Crippen molar-refractivity contribution in [1.82, 2.24) is 9.97 Å². The highest BCUT2D eigenvalue weighted by molar-refractivity contribution is 5.71. The minimum atomic E-state index is -0.187. The first-order valence-electron chi connectivity index (χ1n) is 7.39. The zero-order chi connectivity index (χ0) is 15.2. The average molecular weight is 284 g/mol. The largest absolute Gasteiger partial charge is 0.334 e. The van der Waals surface area contributed by atoms with Crippen molar-refractivity contribution in [2.24, 2.45) is 0 Å². The van der Waals surface area contributed by atoms with E-state index in [1.165, 1.54) is 10.5 Å². The minimum absolute atomic E-state index is 0.00996. The maximum absolute atomic E-state index is 12.6. The van der Waals surface area contributed by atoms with Crippen LogP contribution < -0.4 is 10.5 Å². The monoisotopic (exact) mass is 284 g/mol. The number of nitrogens with zero attached hydrogens (tertiary/aromatic N) is 1. The zero-order valence-corrected chi connectivity index (χ0v) is 13.1. The summed E-state index contributed by atoms with van der Waals surface area (Å²) < 4.78 is 0. The van der Waals surface area contributed by atoms with Crippen molar-refractivity contribution in [2.75, 3.05) is 14.1 Å². The molecule has 0 saturated heterocycles. The summed E-state index contributed by atoms with van der Waals surface area (Å²) in [6.45, 7) is 4.95. The van der Waals surface area contributed by atoms with Gasteiger partial charge in [-0.15, -0.1) is 0 Å². The van der Waals surface area contributed by atoms with Gasteiger partial charge >= 0.3 is 0 Å². The summed E-state index contributed by atoms with van der Waals surface area (Å²) in [5, 5.41) is 0. The van der Waals surface area contributed by atoms with E-state index in [0.717, 1.165) is 29.1 Å². The van der Waals surface area contributed by atoms with Crippen molar-refractivity contribution >= 4 is 0 Å². The molecule has 4 heteroatoms. The van der Waals surface area contributed by atoms with E-state index >= 15 is 0 Å². The first-order chi connectivity index (χ1) is 9.88. The van der Waals surface area contributed by atoms with Gasteiger partial charge < -0.3 is 9.88 Å². The Labute approximate surface area is 124 Å². The van der Waals surface area contributed by atoms with Gasteiger partial charge in [0.05, 0.1) is 19.8 Å². The molecular formula is C17H22N3O+. The van der Waals surface area contributed by atoms with Crippen LogP contribution >= 0.6 is 0 Å². The predicted octanol–water partition coefficient (Wildman–Crippen LogP) is 0.915. The molecule has 1 aromatic carbocycles. The van der Waals surface area contributed by atoms with Gasteiger partial charge in [0.25, 0.3) is 5.56 Å². The van der Waals surface area contributed by atoms with E-state index in [1.54, 1.807) is 0 Å². The lowest BCUT2D eigenvalue weighted by molar-refractivity contribution is -0.873. The van der Waals surface area contributed by atoms with Gasteiger partial charge in [-0.3, -0.25) is 4.79 Å². The molecule has 0 aliphatic heterocycles. The van der Waals surface area contributed by atoms with Gasteiger partial charge in [-0.1, -0.05) is 38.1 Å². The Bertz CT molecular complexity index is 744. The number of hydrogen-bond acceptors (Lipinski definition) is 2. The second kappa shape index (κ2) is 4.81. The number of fused-ring (bicyclic) bond motifs is 3. The van der Waals surface area contributed by atoms with Gasteiger partial charge in [0.2, 0.25) is 0 Å². The smallest absolute Gasteiger partial charge is 0.255 e. The average Bonchev–Trinajstić information content (AvgIpc) is 2.36. The molecule has 0 unspecified atom stereocenters. The van der Waals surface area contributed by atoms with Gasteiger partial charge in [0, 0.05) is 16.5 Å². The van der Waals surface area contributed by atoms with Crippen LogP contribution in [0.2, 0.25) is 0 Å². The summed E-state index contributed by atoms with van der Waals surface area (Å²) in [6, 6.07) is 8.28. The van der Waals surface area contributed by atoms with Gasteiger partial charge in [-0.2, -0.15) is 0 Å². The van der Waals surface area contributed by atoms with Crippen LogP contribution in [0.3, 0.4) is 0 Å². The van der Waals surface area contributed by atoms with E-state index in [-0.39, 0.29) is 11.0 Å². The second-order valence-corrected chi connectivity index (χ2v) is 6.84. The van der Waals surface area contributed by atoms with Crippen molar-refractivity contribution in [3.8, 4) is 11.3 Å². The normalized spacial score (nSPS) is 15.7. The number of aromatic amines is 1. The predicted molar refractivity (Wildman–Crippen MR) is 83.5 cm³/mol. The number of quaternary nitrogens is 1. The molecule has 0 bridgehead atoms. The van der Waals surface area contributed by atoms with Crippen LogP contribution in [0.4, 0.5) is 0 Å². The fraction of sp³-hybridized carbons (Fsp3) is 0.412. The Hall–Kier alpha value is -1.94. The number of hydrogen-bond donors (Lipinski definition) is 2. The van der Waals surface area contributed by atoms with Crippen molar-refractivity contribution in [2.45, 2.75) is 32.2 Å². The Morgan fingerprint density at radius 2 is 2.00 bits per heavy atom. The van der Waals surface area contributed by atoms with E-state index in [2.05, 4.69) is 51.1 Å². The highest BCUT2D eigenvalue weighted by atomic mass is 16.1. The number of nitrogens with one attached hydrogen (secondary N) is 2. The van der Waals surface area contributed by atoms with Gasteiger partial charge in [0.15, 0.2) is 5.82 Å². The number of rotatable bonds is 2. The molecule has 1 aliphatic rings. The second-order valence-electron chi connectivity index (χ2n) is 6.84. The lowest BCUT2D eigenvalue weighted by Crippen LogP contribution is -3.04. The Morgan fingerprint density at radius 1 is 1.29 bits per heavy atom. The van der Waals surface area contributed by atoms with E-state index < -0.39 is 0 Å². The minimum Gasteiger partial charge on any atom is -0.334 e. The van der Waals surface area contributed by atoms with Crippen molar-refractivity contribution in [3.05, 3.63) is 51.6 Å². The summed E-state index contributed by atoms with van der Waals surface area (Å²) >= 11 is 0. The summed E-state index contributed by atoms with van der Waals surface area (Å²) in [7, 11) is 4.11. The van der Waals surface area contributed by atoms with E-state index in [4.69, 9.17) is 4.98 Å². The molecule has 1 aromatic heterocycles. The molecule has 2 aromatic rings. The molecular weight excluding hydrogens is 262 g/mol. The number of H-pyrrole nitrogens is 1. The Balaban J connectivity index is 2.27. The lowest BCUT2D eigenvalue weighted by atomic mass is 9.72. The SMILES string of the molecule is C[NH+](C)Cc1nc2c(c(=O)[nH]1)C(C)(C)Cc1ccccc1-2. The van der Waals surface area contributed by atoms with Crippen LogP contribution in [0, 0.1) is 0 Å². The third-order valence-electron chi connectivity index (χ3n) is 4.07. The molecule has 0 radical (unpaired) electrons. The molecule has 0 fully saturated rings. The number of aromatic nitrogens is 2. The Kier molecular flexibility index (Phi) is 3.21. The third-order valence-corrected chi connectivity index (χ3v) is 4.07. The standard InChI is InChI=1S/C17H21N3O/c1-17(2)9-11-7-5-6-8-12(11)15-14(17)16(21)19-13(18-15)10-20(3)4/h5-8H,9-10H2,1-4H3,(H,18,19,21)/p+1. The van der Waals surface area contributed by atoms with E-state index in [1.807, 2.05) is 6.07 Å². The van der Waals surface area contributed by atoms with Crippen molar-refractivity contribution in [1.29, 1.82) is 0 Å². The summed E-state index contributed by atoms with van der Waals surface area (Å²) in [4.78, 5) is 21.6. The third kappa shape index (κ3) is 2.40. The van der Waals surface area contributed by atoms with E-state index in [0.29, 0.717) is 6.54 Å². The summed E-state index contributed by atoms with van der Waals surface area (Å²) in [5.41, 5.74) is 3.88. The van der Waals surface area contributed by atoms with Crippen LogP contribution in [0.25, 0.3) is 11.3 Å². The topological polar surface area (TPSA) is 50.2 Å². The molecule has 3 rings (SSSR count). The van der Waals surface area contributed by atoms with Crippen LogP contribution in [0.1, 0.15) is 30.8 Å². The molecule has 0 atom stereocenters. The molecule has 1 aliphatic carbocycles. The van der Waals surface area contributed by atoms with Gasteiger partial charge in [0.1, 0.15) is 6.54 Å². The van der Waals surface area contributed by atoms with Crippen LogP contribution in [-0.2, 0) is 18.4 Å². The molecule has 2 N–H and O–H groups in total. The lowest BCUT2D eigenvalue weighted by Gasteiger charge is -2.32. The van der Waals surface area contributed by atoms with E-state index in [9.17, 15) is 4.79 Å². The highest BCUT2D eigenvalue weighted by Gasteiger charge is 2.34. The van der Waals surface area contributed by atoms with Crippen molar-refractivity contribution < 1.29 is 4.90 Å². The Morgan fingerprint density at radius 3 is 2.71 bits per heavy atom. The van der Waals surface area contributed by atoms with Crippen LogP contribution in [0.5, 0.6) is 0 Å². The maximum atomic E-state index is 12.6. The summed E-state index contributed by atoms with van der Waals surface area (Å²) in [5.74, 6) is 0.756. The quantitative estimate of drug-likeness (QED) is 0.861. The highest BCUT2D eigenvalue weighted by Crippen LogP contribution is 2.39. The van der Waals surface area contributed by atoms with Gasteiger partial charge in [-0.05, 0) is 12.0 Å². The van der Waals surface area contributed by atoms with Crippen molar-refractivity contribution in [3.63, 3.8) is 0 Å². The first-order valence-corrected chi connectivity index (χ1v) is 7.39. The fourth-order valence-electron chi connectivity index (χ4n) is 3.23. The molecule has 1 heterocycles. The molecule has 0 amide bonds. The van der Waals surface area contributed by atoms with Crippen LogP contribution in [-0.4, -0.2) is 24.1 Å². The summed E-state index contributed by atoms with van der Waals surface area (Å²) in [6.07, 6.45) is 0.874. The molecule has 21 heavy (non-hydrogen) atoms. The molecule has 110 valence electrons. The first kappa shape index (κ1) is 14.0. The van der Waals surface area contributed by atoms with Crippen LogP contribution in [0.15, 0.2) is 29.1 Å². The molecule has 0 saturated carbocycles. The van der Waals surface area contributed by atoms with Gasteiger partial charge in [-0.25, -0.2) is 4.98 Å². The maximum Gasteiger partial charge on any atom is 0.255 e. The number of benzene rings is 1.